The first-order valence-electron chi connectivity index (χ1n) is 10.1. The zero-order chi connectivity index (χ0) is 24.0. The van der Waals surface area contributed by atoms with E-state index in [9.17, 15) is 26.3 Å². The van der Waals surface area contributed by atoms with E-state index >= 15 is 0 Å². The highest BCUT2D eigenvalue weighted by Gasteiger charge is 2.33. The maximum Gasteiger partial charge on any atom is 0.573 e. The lowest BCUT2D eigenvalue weighted by Crippen LogP contribution is -2.33. The predicted molar refractivity (Wildman–Crippen MR) is 115 cm³/mol. The molecule has 0 fully saturated rings. The minimum Gasteiger partial charge on any atom is -0.405 e. The molecule has 170 valence electrons. The number of ether oxygens (including phenoxy) is 1. The van der Waals surface area contributed by atoms with Gasteiger partial charge in [-0.05, 0) is 42.5 Å². The molecule has 0 bridgehead atoms. The van der Waals surface area contributed by atoms with Crippen LogP contribution in [0.25, 0.3) is 38.6 Å². The second kappa shape index (κ2) is 8.06. The molecule has 8 heteroatoms. The molecule has 0 aliphatic heterocycles. The number of pyridine rings is 1. The summed E-state index contributed by atoms with van der Waals surface area (Å²) in [7, 11) is 0. The van der Waals surface area contributed by atoms with Crippen molar-refractivity contribution in [3.8, 4) is 22.6 Å². The van der Waals surface area contributed by atoms with Crippen LogP contribution in [-0.4, -0.2) is 6.36 Å². The van der Waals surface area contributed by atoms with Gasteiger partial charge in [-0.15, -0.1) is 13.2 Å². The molecular weight excluding hydrogens is 456 g/mol. The average molecular weight is 470 g/mol. The lowest BCUT2D eigenvalue weighted by molar-refractivity contribution is -0.538. The van der Waals surface area contributed by atoms with Crippen LogP contribution in [0.1, 0.15) is 0 Å². The number of benzene rings is 4. The Hall–Kier alpha value is -4.07. The van der Waals surface area contributed by atoms with Gasteiger partial charge >= 0.3 is 6.36 Å². The topological polar surface area (TPSA) is 13.1 Å². The molecule has 0 aliphatic rings. The van der Waals surface area contributed by atoms with Crippen molar-refractivity contribution in [3.63, 3.8) is 0 Å². The third-order valence-electron chi connectivity index (χ3n) is 5.40. The molecule has 2 nitrogen and oxygen atoms in total. The first kappa shape index (κ1) is 21.8. The zero-order valence-corrected chi connectivity index (χ0v) is 17.2. The number of hydrogen-bond donors (Lipinski definition) is 0. The SMILES string of the molecule is Fc1ccc(-[n+]2c3ccc(F)cc3c(-c3ccccc3OC(F)(F)F)c3cc(F)ccc32)cc1. The monoisotopic (exact) mass is 470 g/mol. The quantitative estimate of drug-likeness (QED) is 0.154. The van der Waals surface area contributed by atoms with Gasteiger partial charge < -0.3 is 4.74 Å². The molecule has 34 heavy (non-hydrogen) atoms. The van der Waals surface area contributed by atoms with Gasteiger partial charge in [-0.3, -0.25) is 0 Å². The highest BCUT2D eigenvalue weighted by atomic mass is 19.4. The lowest BCUT2D eigenvalue weighted by atomic mass is 9.94. The molecule has 0 saturated heterocycles. The molecule has 0 aliphatic carbocycles. The number of rotatable bonds is 3. The fraction of sp³-hybridized carbons (Fsp3) is 0.0385. The summed E-state index contributed by atoms with van der Waals surface area (Å²) in [6.45, 7) is 0. The third-order valence-corrected chi connectivity index (χ3v) is 5.40. The summed E-state index contributed by atoms with van der Waals surface area (Å²) in [5.74, 6) is -2.25. The first-order valence-corrected chi connectivity index (χ1v) is 10.1. The van der Waals surface area contributed by atoms with Crippen LogP contribution in [0, 0.1) is 17.5 Å². The van der Waals surface area contributed by atoms with Gasteiger partial charge in [-0.1, -0.05) is 18.2 Å². The van der Waals surface area contributed by atoms with Crippen LogP contribution in [0.3, 0.4) is 0 Å². The fourth-order valence-corrected chi connectivity index (χ4v) is 4.13. The molecule has 0 unspecified atom stereocenters. The number of nitrogens with zero attached hydrogens (tertiary/aromatic N) is 1. The van der Waals surface area contributed by atoms with Gasteiger partial charge in [0.05, 0.1) is 10.8 Å². The normalized spacial score (nSPS) is 11.8. The number of alkyl halides is 3. The van der Waals surface area contributed by atoms with E-state index in [0.717, 1.165) is 6.07 Å². The Morgan fingerprint density at radius 3 is 1.71 bits per heavy atom. The van der Waals surface area contributed by atoms with E-state index in [1.165, 1.54) is 78.9 Å². The summed E-state index contributed by atoms with van der Waals surface area (Å²) in [5, 5.41) is 0.446. The van der Waals surface area contributed by atoms with E-state index in [1.807, 2.05) is 0 Å². The second-order valence-corrected chi connectivity index (χ2v) is 7.55. The molecule has 0 atom stereocenters. The van der Waals surface area contributed by atoms with E-state index in [1.54, 1.807) is 4.57 Å². The van der Waals surface area contributed by atoms with Crippen LogP contribution in [0.2, 0.25) is 0 Å². The number of para-hydroxylation sites is 1. The molecule has 0 N–H and O–H groups in total. The maximum absolute atomic E-state index is 14.4. The largest absolute Gasteiger partial charge is 0.573 e. The Morgan fingerprint density at radius 2 is 1.15 bits per heavy atom. The number of aromatic nitrogens is 1. The molecule has 0 saturated carbocycles. The van der Waals surface area contributed by atoms with Crippen LogP contribution in [0.4, 0.5) is 26.3 Å². The van der Waals surface area contributed by atoms with Gasteiger partial charge in [-0.2, -0.15) is 4.57 Å². The van der Waals surface area contributed by atoms with E-state index in [2.05, 4.69) is 4.74 Å². The predicted octanol–water partition coefficient (Wildman–Crippen LogP) is 7.25. The zero-order valence-electron chi connectivity index (χ0n) is 17.2. The molecule has 1 heterocycles. The standard InChI is InChI=1S/C26H14F6NO/c27-15-5-9-18(10-6-15)33-22-11-7-16(28)13-20(22)25(21-14-17(29)8-12-23(21)33)19-3-1-2-4-24(19)34-26(30,31)32/h1-14H/q+1. The number of halogens is 6. The van der Waals surface area contributed by atoms with Gasteiger partial charge in [0, 0.05) is 35.4 Å². The summed E-state index contributed by atoms with van der Waals surface area (Å²) >= 11 is 0. The van der Waals surface area contributed by atoms with Crippen molar-refractivity contribution < 1.29 is 35.6 Å². The van der Waals surface area contributed by atoms with Crippen LogP contribution in [0.5, 0.6) is 5.75 Å². The average Bonchev–Trinajstić information content (AvgIpc) is 2.78. The second-order valence-electron chi connectivity index (χ2n) is 7.55. The molecule has 0 amide bonds. The minimum atomic E-state index is -4.97. The number of hydrogen-bond acceptors (Lipinski definition) is 1. The van der Waals surface area contributed by atoms with Gasteiger partial charge in [0.1, 0.15) is 23.2 Å². The molecule has 1 aromatic heterocycles. The molecule has 4 aromatic carbocycles. The van der Waals surface area contributed by atoms with Crippen LogP contribution in [-0.2, 0) is 0 Å². The smallest absolute Gasteiger partial charge is 0.405 e. The summed E-state index contributed by atoms with van der Waals surface area (Å²) < 4.78 is 87.7. The Kier molecular flexibility index (Phi) is 5.16. The van der Waals surface area contributed by atoms with E-state index < -0.39 is 29.6 Å². The van der Waals surface area contributed by atoms with Crippen molar-refractivity contribution in [1.29, 1.82) is 0 Å². The molecule has 5 aromatic rings. The Bertz CT molecular complexity index is 1480. The molecule has 0 radical (unpaired) electrons. The summed E-state index contributed by atoms with van der Waals surface area (Å²) in [6.07, 6.45) is -4.97. The lowest BCUT2D eigenvalue weighted by Gasteiger charge is -2.16. The van der Waals surface area contributed by atoms with Crippen molar-refractivity contribution in [2.45, 2.75) is 6.36 Å². The fourth-order valence-electron chi connectivity index (χ4n) is 4.13. The van der Waals surface area contributed by atoms with Crippen LogP contribution < -0.4 is 9.30 Å². The molecule has 5 rings (SSSR count). The Morgan fingerprint density at radius 1 is 0.618 bits per heavy atom. The molecular formula is C26H14F6NO+. The first-order chi connectivity index (χ1) is 16.2. The van der Waals surface area contributed by atoms with Crippen LogP contribution >= 0.6 is 0 Å². The molecule has 0 spiro atoms. The van der Waals surface area contributed by atoms with Gasteiger partial charge in [0.2, 0.25) is 16.7 Å². The maximum atomic E-state index is 14.4. The van der Waals surface area contributed by atoms with Gasteiger partial charge in [0.25, 0.3) is 0 Å². The third kappa shape index (κ3) is 3.91. The van der Waals surface area contributed by atoms with Crippen molar-refractivity contribution >= 4 is 21.8 Å². The van der Waals surface area contributed by atoms with Crippen molar-refractivity contribution in [2.75, 3.05) is 0 Å². The minimum absolute atomic E-state index is 0.0114. The van der Waals surface area contributed by atoms with Crippen molar-refractivity contribution in [2.24, 2.45) is 0 Å². The van der Waals surface area contributed by atoms with Crippen molar-refractivity contribution in [1.82, 2.24) is 0 Å². The summed E-state index contributed by atoms with van der Waals surface area (Å²) in [4.78, 5) is 0. The highest BCUT2D eigenvalue weighted by Crippen LogP contribution is 2.41. The highest BCUT2D eigenvalue weighted by molar-refractivity contribution is 6.08. The van der Waals surface area contributed by atoms with Crippen molar-refractivity contribution in [3.05, 3.63) is 102 Å². The number of fused-ring (bicyclic) bond motifs is 2. The van der Waals surface area contributed by atoms with Gasteiger partial charge in [-0.25, -0.2) is 13.2 Å². The van der Waals surface area contributed by atoms with Gasteiger partial charge in [0.15, 0.2) is 0 Å². The summed E-state index contributed by atoms with van der Waals surface area (Å²) in [5.41, 5.74) is 1.52. The van der Waals surface area contributed by atoms with E-state index in [-0.39, 0.29) is 21.9 Å². The summed E-state index contributed by atoms with van der Waals surface area (Å²) in [6, 6.07) is 18.6. The van der Waals surface area contributed by atoms with Crippen LogP contribution in [0.15, 0.2) is 84.9 Å². The Labute approximate surface area is 189 Å². The Balaban J connectivity index is 1.97. The van der Waals surface area contributed by atoms with E-state index in [0.29, 0.717) is 16.7 Å². The van der Waals surface area contributed by atoms with E-state index in [4.69, 9.17) is 0 Å².